The average molecular weight is 454 g/mol. The van der Waals surface area contributed by atoms with E-state index in [0.29, 0.717) is 11.5 Å². The van der Waals surface area contributed by atoms with E-state index in [-0.39, 0.29) is 6.42 Å². The molecule has 0 aromatic carbocycles. The number of nitrogens with one attached hydrogen (secondary N) is 2. The first-order valence-corrected chi connectivity index (χ1v) is 11.8. The molecular weight excluding hydrogens is 414 g/mol. The van der Waals surface area contributed by atoms with Crippen molar-refractivity contribution in [1.29, 1.82) is 0 Å². The molecule has 2 atom stereocenters. The van der Waals surface area contributed by atoms with Gasteiger partial charge in [0.2, 0.25) is 5.91 Å². The summed E-state index contributed by atoms with van der Waals surface area (Å²) in [5, 5.41) is 11.4. The van der Waals surface area contributed by atoms with Crippen LogP contribution in [0, 0.1) is 5.92 Å². The maximum absolute atomic E-state index is 12.1. The highest BCUT2D eigenvalue weighted by atomic mass is 32.2. The Kier molecular flexibility index (Phi) is 15.5. The summed E-state index contributed by atoms with van der Waals surface area (Å²) in [6, 6.07) is -0.807. The van der Waals surface area contributed by atoms with Gasteiger partial charge in [0.1, 0.15) is 6.04 Å². The Bertz CT molecular complexity index is 682. The molecule has 8 heteroatoms. The van der Waals surface area contributed by atoms with Crippen molar-refractivity contribution in [2.45, 2.75) is 72.8 Å². The molecule has 5 N–H and O–H groups in total. The molecule has 0 bridgehead atoms. The third-order valence-corrected chi connectivity index (χ3v) is 5.63. The smallest absolute Gasteiger partial charge is 0.304 e. The van der Waals surface area contributed by atoms with Crippen LogP contribution in [0.3, 0.4) is 0 Å². The minimum absolute atomic E-state index is 0.291. The third-order valence-electron chi connectivity index (χ3n) is 4.66. The summed E-state index contributed by atoms with van der Waals surface area (Å²) in [5.41, 5.74) is 6.08. The van der Waals surface area contributed by atoms with Gasteiger partial charge in [-0.3, -0.25) is 19.8 Å². The summed E-state index contributed by atoms with van der Waals surface area (Å²) < 4.78 is 0. The quantitative estimate of drug-likeness (QED) is 0.0985. The van der Waals surface area contributed by atoms with Gasteiger partial charge in [-0.05, 0) is 53.4 Å². The SMILES string of the molecule is CC(C)=CCC/C(C)=C/CC/C(C)=C/CSC[C@H](NC(=O)[C@@H](C)CC(=O)O)C(=O)NN. The zero-order chi connectivity index (χ0) is 23.8. The summed E-state index contributed by atoms with van der Waals surface area (Å²) >= 11 is 1.51. The highest BCUT2D eigenvalue weighted by Gasteiger charge is 2.24. The van der Waals surface area contributed by atoms with Gasteiger partial charge in [0.05, 0.1) is 6.42 Å². The van der Waals surface area contributed by atoms with Gasteiger partial charge < -0.3 is 10.4 Å². The minimum atomic E-state index is -1.06. The van der Waals surface area contributed by atoms with Gasteiger partial charge in [-0.15, -0.1) is 0 Å². The van der Waals surface area contributed by atoms with Crippen molar-refractivity contribution in [2.75, 3.05) is 11.5 Å². The van der Waals surface area contributed by atoms with Crippen molar-refractivity contribution in [2.24, 2.45) is 11.8 Å². The Morgan fingerprint density at radius 2 is 1.55 bits per heavy atom. The van der Waals surface area contributed by atoms with Gasteiger partial charge in [-0.2, -0.15) is 11.8 Å². The standard InChI is InChI=1S/C23H39N3O4S/c1-16(2)8-6-9-17(3)10-7-11-18(4)12-13-31-15-20(23(30)26-24)25-22(29)19(5)14-21(27)28/h8,10,12,19-20H,6-7,9,11,13-15,24H2,1-5H3,(H,25,29)(H,26,30)(H,27,28)/b17-10+,18-12+/t19-,20-/m0/s1. The number of hydrazine groups is 1. The number of hydrogen-bond donors (Lipinski definition) is 4. The van der Waals surface area contributed by atoms with E-state index < -0.39 is 29.7 Å². The Morgan fingerprint density at radius 1 is 0.968 bits per heavy atom. The lowest BCUT2D eigenvalue weighted by atomic mass is 10.1. The van der Waals surface area contributed by atoms with Crippen LogP contribution in [0.2, 0.25) is 0 Å². The first kappa shape index (κ1) is 28.9. The summed E-state index contributed by atoms with van der Waals surface area (Å²) in [4.78, 5) is 34.8. The number of aliphatic carboxylic acids is 1. The van der Waals surface area contributed by atoms with E-state index >= 15 is 0 Å². The predicted molar refractivity (Wildman–Crippen MR) is 128 cm³/mol. The van der Waals surface area contributed by atoms with Crippen LogP contribution in [-0.4, -0.2) is 40.4 Å². The molecule has 31 heavy (non-hydrogen) atoms. The number of amides is 2. The third kappa shape index (κ3) is 15.4. The fourth-order valence-corrected chi connectivity index (χ4v) is 3.69. The van der Waals surface area contributed by atoms with Crippen LogP contribution >= 0.6 is 11.8 Å². The number of hydrogen-bond acceptors (Lipinski definition) is 5. The first-order valence-electron chi connectivity index (χ1n) is 10.6. The summed E-state index contributed by atoms with van der Waals surface area (Å²) in [6.45, 7) is 10.00. The second kappa shape index (κ2) is 16.6. The Morgan fingerprint density at radius 3 is 2.10 bits per heavy atom. The predicted octanol–water partition coefficient (Wildman–Crippen LogP) is 3.72. The molecule has 0 aliphatic heterocycles. The highest BCUT2D eigenvalue weighted by Crippen LogP contribution is 2.13. The fourth-order valence-electron chi connectivity index (χ4n) is 2.68. The van der Waals surface area contributed by atoms with Crippen LogP contribution < -0.4 is 16.6 Å². The highest BCUT2D eigenvalue weighted by molar-refractivity contribution is 7.99. The fraction of sp³-hybridized carbons (Fsp3) is 0.609. The normalized spacial score (nSPS) is 13.9. The van der Waals surface area contributed by atoms with Crippen LogP contribution in [-0.2, 0) is 14.4 Å². The van der Waals surface area contributed by atoms with Gasteiger partial charge in [0, 0.05) is 17.4 Å². The van der Waals surface area contributed by atoms with E-state index in [1.807, 2.05) is 0 Å². The molecule has 0 unspecified atom stereocenters. The van der Waals surface area contributed by atoms with Crippen LogP contribution in [0.1, 0.15) is 66.7 Å². The first-order chi connectivity index (χ1) is 14.6. The van der Waals surface area contributed by atoms with Gasteiger partial charge in [-0.1, -0.05) is 41.9 Å². The van der Waals surface area contributed by atoms with Gasteiger partial charge in [-0.25, -0.2) is 5.84 Å². The number of nitrogens with two attached hydrogens (primary N) is 1. The lowest BCUT2D eigenvalue weighted by Gasteiger charge is -2.18. The molecule has 0 rings (SSSR count). The van der Waals surface area contributed by atoms with Crippen LogP contribution in [0.15, 0.2) is 34.9 Å². The maximum Gasteiger partial charge on any atom is 0.304 e. The van der Waals surface area contributed by atoms with E-state index in [1.54, 1.807) is 0 Å². The van der Waals surface area contributed by atoms with Crippen molar-refractivity contribution in [3.8, 4) is 0 Å². The molecule has 0 saturated carbocycles. The molecule has 0 aromatic rings. The average Bonchev–Trinajstić information content (AvgIpc) is 2.68. The summed E-state index contributed by atoms with van der Waals surface area (Å²) in [5.74, 6) is 3.50. The molecule has 0 aliphatic rings. The number of carbonyl (C=O) groups is 3. The van der Waals surface area contributed by atoms with E-state index in [0.717, 1.165) is 25.7 Å². The van der Waals surface area contributed by atoms with Gasteiger partial charge in [0.15, 0.2) is 0 Å². The second-order valence-corrected chi connectivity index (χ2v) is 9.14. The van der Waals surface area contributed by atoms with Gasteiger partial charge in [0.25, 0.3) is 5.91 Å². The Balaban J connectivity index is 4.43. The lowest BCUT2D eigenvalue weighted by Crippen LogP contribution is -2.51. The van der Waals surface area contributed by atoms with E-state index in [1.165, 1.54) is 35.4 Å². The number of carbonyl (C=O) groups excluding carboxylic acids is 2. The minimum Gasteiger partial charge on any atom is -0.481 e. The molecule has 7 nitrogen and oxygen atoms in total. The maximum atomic E-state index is 12.1. The number of allylic oxidation sites excluding steroid dienone is 5. The van der Waals surface area contributed by atoms with Crippen molar-refractivity contribution in [3.05, 3.63) is 34.9 Å². The zero-order valence-corrected chi connectivity index (χ0v) is 20.3. The lowest BCUT2D eigenvalue weighted by molar-refractivity contribution is -0.141. The molecule has 0 heterocycles. The van der Waals surface area contributed by atoms with Crippen molar-refractivity contribution >= 4 is 29.5 Å². The molecule has 0 aromatic heterocycles. The molecule has 0 spiro atoms. The second-order valence-electron chi connectivity index (χ2n) is 8.07. The monoisotopic (exact) mass is 453 g/mol. The van der Waals surface area contributed by atoms with Crippen LogP contribution in [0.4, 0.5) is 0 Å². The Labute approximate surface area is 191 Å². The Hall–Kier alpha value is -2.06. The molecule has 176 valence electrons. The van der Waals surface area contributed by atoms with E-state index in [4.69, 9.17) is 10.9 Å². The topological polar surface area (TPSA) is 122 Å². The summed E-state index contributed by atoms with van der Waals surface area (Å²) in [7, 11) is 0. The van der Waals surface area contributed by atoms with Crippen LogP contribution in [0.25, 0.3) is 0 Å². The number of thioether (sulfide) groups is 1. The number of carboxylic acids is 1. The van der Waals surface area contributed by atoms with Crippen molar-refractivity contribution < 1.29 is 19.5 Å². The zero-order valence-electron chi connectivity index (χ0n) is 19.5. The van der Waals surface area contributed by atoms with Crippen molar-refractivity contribution in [1.82, 2.24) is 10.7 Å². The number of rotatable bonds is 15. The molecular formula is C23H39N3O4S. The van der Waals surface area contributed by atoms with Gasteiger partial charge >= 0.3 is 5.97 Å². The summed E-state index contributed by atoms with van der Waals surface area (Å²) in [6.07, 6.45) is 10.5. The molecule has 0 radical (unpaired) electrons. The molecule has 2 amide bonds. The number of carboxylic acid groups (broad SMARTS) is 1. The molecule has 0 saturated heterocycles. The van der Waals surface area contributed by atoms with Crippen LogP contribution in [0.5, 0.6) is 0 Å². The molecule has 0 fully saturated rings. The largest absolute Gasteiger partial charge is 0.481 e. The van der Waals surface area contributed by atoms with E-state index in [2.05, 4.69) is 56.7 Å². The van der Waals surface area contributed by atoms with E-state index in [9.17, 15) is 14.4 Å². The molecule has 0 aliphatic carbocycles. The van der Waals surface area contributed by atoms with Crippen molar-refractivity contribution in [3.63, 3.8) is 0 Å².